The van der Waals surface area contributed by atoms with Crippen LogP contribution in [-0.4, -0.2) is 22.6 Å². The normalized spacial score (nSPS) is 11.2. The third-order valence-electron chi connectivity index (χ3n) is 5.46. The maximum absolute atomic E-state index is 13.0. The molecule has 4 aromatic carbocycles. The van der Waals surface area contributed by atoms with Gasteiger partial charge in [0.25, 0.3) is 0 Å². The predicted molar refractivity (Wildman–Crippen MR) is 155 cm³/mol. The highest BCUT2D eigenvalue weighted by Crippen LogP contribution is 2.39. The van der Waals surface area contributed by atoms with Crippen LogP contribution in [-0.2, 0) is 21.3 Å². The number of ether oxygens (including phenoxy) is 4. The van der Waals surface area contributed by atoms with E-state index in [1.165, 1.54) is 14.2 Å². The maximum Gasteiger partial charge on any atom is 0.170 e. The van der Waals surface area contributed by atoms with E-state index in [9.17, 15) is 8.42 Å². The van der Waals surface area contributed by atoms with Gasteiger partial charge in [0.15, 0.2) is 32.8 Å². The fourth-order valence-corrected chi connectivity index (χ4v) is 5.97. The highest BCUT2D eigenvalue weighted by atomic mass is 35.5. The van der Waals surface area contributed by atoms with E-state index < -0.39 is 9.84 Å². The third-order valence-corrected chi connectivity index (χ3v) is 8.06. The summed E-state index contributed by atoms with van der Waals surface area (Å²) in [6.07, 6.45) is 0. The molecule has 0 bridgehead atoms. The monoisotopic (exact) mass is 626 g/mol. The molecular weight excluding hydrogens is 606 g/mol. The van der Waals surface area contributed by atoms with Crippen LogP contribution in [0.3, 0.4) is 0 Å². The Morgan fingerprint density at radius 3 is 1.28 bits per heavy atom. The van der Waals surface area contributed by atoms with Crippen molar-refractivity contribution >= 4 is 56.2 Å². The van der Waals surface area contributed by atoms with E-state index >= 15 is 0 Å². The van der Waals surface area contributed by atoms with Crippen molar-refractivity contribution in [2.24, 2.45) is 0 Å². The fraction of sp³-hybridized carbons (Fsp3) is 0.143. The highest BCUT2D eigenvalue weighted by molar-refractivity contribution is 7.89. The molecule has 0 aromatic heterocycles. The Morgan fingerprint density at radius 2 is 0.923 bits per heavy atom. The molecule has 0 aliphatic rings. The summed E-state index contributed by atoms with van der Waals surface area (Å²) >= 11 is 24.9. The first-order valence-electron chi connectivity index (χ1n) is 11.4. The maximum atomic E-state index is 13.0. The predicted octanol–water partition coefficient (Wildman–Crippen LogP) is 9.02. The van der Waals surface area contributed by atoms with Crippen LogP contribution < -0.4 is 18.9 Å². The summed E-state index contributed by atoms with van der Waals surface area (Å²) in [6, 6.07) is 19.5. The summed E-state index contributed by atoms with van der Waals surface area (Å²) in [4.78, 5) is 0. The zero-order valence-electron chi connectivity index (χ0n) is 20.7. The number of sulfone groups is 1. The number of halogens is 4. The lowest BCUT2D eigenvalue weighted by molar-refractivity contribution is 0.379. The Hall–Kier alpha value is -2.81. The van der Waals surface area contributed by atoms with Crippen molar-refractivity contribution in [1.29, 1.82) is 0 Å². The van der Waals surface area contributed by atoms with Gasteiger partial charge >= 0.3 is 0 Å². The molecule has 0 unspecified atom stereocenters. The van der Waals surface area contributed by atoms with Gasteiger partial charge in [-0.05, 0) is 59.7 Å². The van der Waals surface area contributed by atoms with Crippen LogP contribution in [0.25, 0.3) is 0 Å². The van der Waals surface area contributed by atoms with Gasteiger partial charge in [0.2, 0.25) is 0 Å². The van der Waals surface area contributed by atoms with Crippen LogP contribution in [0.5, 0.6) is 34.5 Å². The molecule has 0 heterocycles. The SMILES string of the molecule is COc1ccc(Cl)cc1Oc1ccc(CS(=O)(=O)Cc2ccc(Oc3cc(Cl)ccc3OC)c(Cl)c2)cc1Cl. The van der Waals surface area contributed by atoms with Crippen LogP contribution in [0.2, 0.25) is 20.1 Å². The standard InChI is InChI=1S/C28H22Cl4O6S/c1-35-25-9-5-19(29)13-27(25)37-23-7-3-17(11-21(23)31)15-39(33,34)16-18-4-8-24(22(32)12-18)38-28-14-20(30)6-10-26(28)36-2/h3-14H,15-16H2,1-2H3. The Balaban J connectivity index is 1.45. The second kappa shape index (κ2) is 12.6. The Morgan fingerprint density at radius 1 is 0.538 bits per heavy atom. The summed E-state index contributed by atoms with van der Waals surface area (Å²) in [5.74, 6) is 1.91. The van der Waals surface area contributed by atoms with Gasteiger partial charge in [-0.3, -0.25) is 0 Å². The van der Waals surface area contributed by atoms with Gasteiger partial charge in [-0.1, -0.05) is 58.5 Å². The van der Waals surface area contributed by atoms with Gasteiger partial charge in [0.1, 0.15) is 11.5 Å². The smallest absolute Gasteiger partial charge is 0.170 e. The van der Waals surface area contributed by atoms with Crippen molar-refractivity contribution in [3.05, 3.63) is 104 Å². The lowest BCUT2D eigenvalue weighted by Gasteiger charge is -2.13. The van der Waals surface area contributed by atoms with E-state index in [4.69, 9.17) is 65.4 Å². The molecule has 0 spiro atoms. The molecule has 0 amide bonds. The molecule has 0 aliphatic heterocycles. The van der Waals surface area contributed by atoms with Crippen molar-refractivity contribution in [2.45, 2.75) is 11.5 Å². The van der Waals surface area contributed by atoms with E-state index in [1.807, 2.05) is 0 Å². The summed E-state index contributed by atoms with van der Waals surface area (Å²) < 4.78 is 48.2. The van der Waals surface area contributed by atoms with Crippen molar-refractivity contribution in [3.8, 4) is 34.5 Å². The summed E-state index contributed by atoms with van der Waals surface area (Å²) in [6.45, 7) is 0. The van der Waals surface area contributed by atoms with Crippen LogP contribution in [0.15, 0.2) is 72.8 Å². The molecule has 0 N–H and O–H groups in total. The Kier molecular flexibility index (Phi) is 9.41. The van der Waals surface area contributed by atoms with Gasteiger partial charge < -0.3 is 18.9 Å². The van der Waals surface area contributed by atoms with Crippen molar-refractivity contribution in [1.82, 2.24) is 0 Å². The molecule has 11 heteroatoms. The van der Waals surface area contributed by atoms with Crippen molar-refractivity contribution in [2.75, 3.05) is 14.2 Å². The zero-order valence-corrected chi connectivity index (χ0v) is 24.6. The van der Waals surface area contributed by atoms with E-state index in [0.29, 0.717) is 55.7 Å². The Bertz CT molecular complexity index is 1500. The molecule has 0 saturated carbocycles. The molecule has 0 saturated heterocycles. The minimum absolute atomic E-state index is 0.233. The van der Waals surface area contributed by atoms with Crippen molar-refractivity contribution < 1.29 is 27.4 Å². The molecular formula is C28H22Cl4O6S. The average Bonchev–Trinajstić information content (AvgIpc) is 2.87. The molecule has 4 aromatic rings. The van der Waals surface area contributed by atoms with E-state index in [-0.39, 0.29) is 21.6 Å². The second-order valence-corrected chi connectivity index (χ2v) is 12.1. The number of hydrogen-bond acceptors (Lipinski definition) is 6. The van der Waals surface area contributed by atoms with Gasteiger partial charge in [0, 0.05) is 22.2 Å². The lowest BCUT2D eigenvalue weighted by atomic mass is 10.2. The van der Waals surface area contributed by atoms with Crippen molar-refractivity contribution in [3.63, 3.8) is 0 Å². The number of hydrogen-bond donors (Lipinski definition) is 0. The minimum atomic E-state index is -3.57. The quantitative estimate of drug-likeness (QED) is 0.175. The molecule has 39 heavy (non-hydrogen) atoms. The molecule has 0 radical (unpaired) electrons. The van der Waals surface area contributed by atoms with E-state index in [2.05, 4.69) is 0 Å². The summed E-state index contributed by atoms with van der Waals surface area (Å²) in [5, 5.41) is 1.42. The molecule has 0 atom stereocenters. The highest BCUT2D eigenvalue weighted by Gasteiger charge is 2.17. The van der Waals surface area contributed by atoms with E-state index in [1.54, 1.807) is 72.8 Å². The largest absolute Gasteiger partial charge is 0.493 e. The van der Waals surface area contributed by atoms with Gasteiger partial charge in [-0.15, -0.1) is 0 Å². The topological polar surface area (TPSA) is 71.1 Å². The number of benzene rings is 4. The Labute approximate surface area is 246 Å². The first-order valence-corrected chi connectivity index (χ1v) is 14.7. The van der Waals surface area contributed by atoms with Gasteiger partial charge in [-0.2, -0.15) is 0 Å². The van der Waals surface area contributed by atoms with E-state index in [0.717, 1.165) is 0 Å². The van der Waals surface area contributed by atoms with Crippen LogP contribution in [0.4, 0.5) is 0 Å². The molecule has 204 valence electrons. The summed E-state index contributed by atoms with van der Waals surface area (Å²) in [7, 11) is -0.551. The number of rotatable bonds is 10. The van der Waals surface area contributed by atoms with Gasteiger partial charge in [-0.25, -0.2) is 8.42 Å². The molecule has 4 rings (SSSR count). The second-order valence-electron chi connectivity index (χ2n) is 8.36. The van der Waals surface area contributed by atoms with Crippen LogP contribution >= 0.6 is 46.4 Å². The molecule has 0 aliphatic carbocycles. The zero-order chi connectivity index (χ0) is 28.2. The van der Waals surface area contributed by atoms with Crippen LogP contribution in [0.1, 0.15) is 11.1 Å². The fourth-order valence-electron chi connectivity index (χ4n) is 3.69. The average molecular weight is 628 g/mol. The minimum Gasteiger partial charge on any atom is -0.493 e. The number of methoxy groups -OCH3 is 2. The molecule has 6 nitrogen and oxygen atoms in total. The molecule has 0 fully saturated rings. The first kappa shape index (κ1) is 29.2. The lowest BCUT2D eigenvalue weighted by Crippen LogP contribution is -2.08. The summed E-state index contributed by atoms with van der Waals surface area (Å²) in [5.41, 5.74) is 1.01. The first-order chi connectivity index (χ1) is 18.6. The van der Waals surface area contributed by atoms with Gasteiger partial charge in [0.05, 0.1) is 35.8 Å². The van der Waals surface area contributed by atoms with Crippen LogP contribution in [0, 0.1) is 0 Å². The third kappa shape index (κ3) is 7.65.